The van der Waals surface area contributed by atoms with Crippen molar-refractivity contribution in [3.8, 4) is 0 Å². The molecule has 0 saturated heterocycles. The lowest BCUT2D eigenvalue weighted by Gasteiger charge is -2.31. The zero-order valence-corrected chi connectivity index (χ0v) is 17.6. The SMILES string of the molecule is O=C(NCc1ccccc1)[C@H](c1cccnc1)N(C(=O)c1ccccn1)c1ccccc1F. The average Bonchev–Trinajstić information content (AvgIpc) is 2.88. The number of anilines is 1. The Hall–Kier alpha value is -4.39. The lowest BCUT2D eigenvalue weighted by Crippen LogP contribution is -2.44. The third-order valence-electron chi connectivity index (χ3n) is 5.03. The van der Waals surface area contributed by atoms with E-state index in [1.165, 1.54) is 36.7 Å². The highest BCUT2D eigenvalue weighted by atomic mass is 19.1. The minimum absolute atomic E-state index is 0.0307. The van der Waals surface area contributed by atoms with Crippen LogP contribution in [0.25, 0.3) is 0 Å². The van der Waals surface area contributed by atoms with Crippen LogP contribution in [-0.4, -0.2) is 21.8 Å². The molecular weight excluding hydrogens is 419 g/mol. The minimum Gasteiger partial charge on any atom is -0.350 e. The van der Waals surface area contributed by atoms with Crippen molar-refractivity contribution in [2.45, 2.75) is 12.6 Å². The smallest absolute Gasteiger partial charge is 0.277 e. The summed E-state index contributed by atoms with van der Waals surface area (Å²) in [6, 6.07) is 22.3. The molecule has 1 N–H and O–H groups in total. The Bertz CT molecular complexity index is 1220. The second-order valence-corrected chi connectivity index (χ2v) is 7.23. The van der Waals surface area contributed by atoms with Gasteiger partial charge < -0.3 is 5.32 Å². The topological polar surface area (TPSA) is 75.2 Å². The molecule has 0 bridgehead atoms. The molecule has 0 aliphatic heterocycles. The molecule has 7 heteroatoms. The van der Waals surface area contributed by atoms with Crippen LogP contribution in [-0.2, 0) is 11.3 Å². The molecule has 0 fully saturated rings. The van der Waals surface area contributed by atoms with Crippen molar-refractivity contribution < 1.29 is 14.0 Å². The maximum absolute atomic E-state index is 14.9. The van der Waals surface area contributed by atoms with Crippen molar-refractivity contribution in [3.63, 3.8) is 0 Å². The number of carbonyl (C=O) groups excluding carboxylic acids is 2. The predicted octanol–water partition coefficient (Wildman–Crippen LogP) is 4.32. The van der Waals surface area contributed by atoms with E-state index in [-0.39, 0.29) is 17.9 Å². The van der Waals surface area contributed by atoms with E-state index in [1.807, 2.05) is 30.3 Å². The number of halogens is 1. The van der Waals surface area contributed by atoms with Gasteiger partial charge in [0.1, 0.15) is 17.6 Å². The van der Waals surface area contributed by atoms with Gasteiger partial charge in [0.2, 0.25) is 5.91 Å². The molecule has 6 nitrogen and oxygen atoms in total. The zero-order chi connectivity index (χ0) is 23.0. The van der Waals surface area contributed by atoms with Gasteiger partial charge in [0.15, 0.2) is 0 Å². The van der Waals surface area contributed by atoms with Crippen LogP contribution in [0, 0.1) is 5.82 Å². The molecule has 0 aliphatic carbocycles. The standard InChI is InChI=1S/C26H21FN4O2/c27-21-12-4-5-14-23(21)31(26(33)22-13-6-7-16-29-22)24(20-11-8-15-28-18-20)25(32)30-17-19-9-2-1-3-10-19/h1-16,18,24H,17H2,(H,30,32)/t24-/m0/s1. The number of carbonyl (C=O) groups is 2. The van der Waals surface area contributed by atoms with Gasteiger partial charge in [-0.15, -0.1) is 0 Å². The highest BCUT2D eigenvalue weighted by Crippen LogP contribution is 2.31. The summed E-state index contributed by atoms with van der Waals surface area (Å²) in [5, 5.41) is 2.87. The summed E-state index contributed by atoms with van der Waals surface area (Å²) in [4.78, 5) is 36.5. The number of rotatable bonds is 7. The second-order valence-electron chi connectivity index (χ2n) is 7.23. The van der Waals surface area contributed by atoms with Gasteiger partial charge in [-0.3, -0.25) is 24.5 Å². The van der Waals surface area contributed by atoms with Crippen LogP contribution in [0.2, 0.25) is 0 Å². The van der Waals surface area contributed by atoms with Crippen molar-refractivity contribution in [1.29, 1.82) is 0 Å². The van der Waals surface area contributed by atoms with Gasteiger partial charge in [0.25, 0.3) is 5.91 Å². The summed E-state index contributed by atoms with van der Waals surface area (Å²) in [6.07, 6.45) is 4.53. The van der Waals surface area contributed by atoms with Crippen LogP contribution in [0.5, 0.6) is 0 Å². The van der Waals surface area contributed by atoms with Crippen LogP contribution in [0.4, 0.5) is 10.1 Å². The number of aromatic nitrogens is 2. The van der Waals surface area contributed by atoms with Crippen molar-refractivity contribution in [1.82, 2.24) is 15.3 Å². The summed E-state index contributed by atoms with van der Waals surface area (Å²) < 4.78 is 14.9. The number of para-hydroxylation sites is 1. The fourth-order valence-corrected chi connectivity index (χ4v) is 3.46. The van der Waals surface area contributed by atoms with Gasteiger partial charge in [-0.25, -0.2) is 4.39 Å². The summed E-state index contributed by atoms with van der Waals surface area (Å²) in [7, 11) is 0. The van der Waals surface area contributed by atoms with E-state index in [9.17, 15) is 14.0 Å². The highest BCUT2D eigenvalue weighted by Gasteiger charge is 2.35. The van der Waals surface area contributed by atoms with E-state index in [4.69, 9.17) is 0 Å². The maximum atomic E-state index is 14.9. The molecule has 2 aromatic heterocycles. The van der Waals surface area contributed by atoms with E-state index in [1.54, 1.807) is 36.5 Å². The maximum Gasteiger partial charge on any atom is 0.277 e. The number of pyridine rings is 2. The molecule has 0 radical (unpaired) electrons. The van der Waals surface area contributed by atoms with Crippen LogP contribution in [0.1, 0.15) is 27.7 Å². The summed E-state index contributed by atoms with van der Waals surface area (Å²) in [5.41, 5.74) is 1.39. The van der Waals surface area contributed by atoms with Gasteiger partial charge in [-0.2, -0.15) is 0 Å². The number of nitrogens with one attached hydrogen (secondary N) is 1. The fraction of sp³-hybridized carbons (Fsp3) is 0.0769. The van der Waals surface area contributed by atoms with Crippen molar-refractivity contribution >= 4 is 17.5 Å². The summed E-state index contributed by atoms with van der Waals surface area (Å²) >= 11 is 0. The first-order valence-electron chi connectivity index (χ1n) is 10.4. The van der Waals surface area contributed by atoms with E-state index in [0.717, 1.165) is 10.5 Å². The average molecular weight is 440 g/mol. The summed E-state index contributed by atoms with van der Waals surface area (Å²) in [5.74, 6) is -1.71. The highest BCUT2D eigenvalue weighted by molar-refractivity contribution is 6.09. The van der Waals surface area contributed by atoms with E-state index < -0.39 is 23.7 Å². The largest absolute Gasteiger partial charge is 0.350 e. The van der Waals surface area contributed by atoms with Gasteiger partial charge in [0, 0.05) is 30.7 Å². The van der Waals surface area contributed by atoms with Crippen LogP contribution in [0.15, 0.2) is 104 Å². The summed E-state index contributed by atoms with van der Waals surface area (Å²) in [6.45, 7) is 0.249. The van der Waals surface area contributed by atoms with Gasteiger partial charge in [-0.1, -0.05) is 54.6 Å². The Morgan fingerprint density at radius 3 is 2.33 bits per heavy atom. The van der Waals surface area contributed by atoms with Gasteiger partial charge in [-0.05, 0) is 35.9 Å². The molecule has 4 aromatic rings. The number of hydrogen-bond donors (Lipinski definition) is 1. The molecular formula is C26H21FN4O2. The first kappa shape index (κ1) is 21.8. The van der Waals surface area contributed by atoms with Crippen LogP contribution < -0.4 is 10.2 Å². The first-order chi connectivity index (χ1) is 16.1. The Morgan fingerprint density at radius 1 is 0.879 bits per heavy atom. The molecule has 2 amide bonds. The molecule has 4 rings (SSSR count). The van der Waals surface area contributed by atoms with Crippen molar-refractivity contribution in [2.24, 2.45) is 0 Å². The number of amides is 2. The first-order valence-corrected chi connectivity index (χ1v) is 10.4. The number of benzene rings is 2. The molecule has 1 atom stereocenters. The molecule has 0 saturated carbocycles. The molecule has 33 heavy (non-hydrogen) atoms. The molecule has 164 valence electrons. The van der Waals surface area contributed by atoms with Crippen molar-refractivity contribution in [3.05, 3.63) is 126 Å². The van der Waals surface area contributed by atoms with Gasteiger partial charge >= 0.3 is 0 Å². The normalized spacial score (nSPS) is 11.4. The van der Waals surface area contributed by atoms with Crippen LogP contribution >= 0.6 is 0 Å². The number of hydrogen-bond acceptors (Lipinski definition) is 4. The van der Waals surface area contributed by atoms with Gasteiger partial charge in [0.05, 0.1) is 5.69 Å². The zero-order valence-electron chi connectivity index (χ0n) is 17.6. The third-order valence-corrected chi connectivity index (χ3v) is 5.03. The second kappa shape index (κ2) is 10.3. The number of nitrogens with zero attached hydrogens (tertiary/aromatic N) is 3. The minimum atomic E-state index is -1.17. The Balaban J connectivity index is 1.78. The monoisotopic (exact) mass is 440 g/mol. The van der Waals surface area contributed by atoms with E-state index in [2.05, 4.69) is 15.3 Å². The van der Waals surface area contributed by atoms with E-state index in [0.29, 0.717) is 5.56 Å². The quantitative estimate of drug-likeness (QED) is 0.464. The third kappa shape index (κ3) is 5.10. The lowest BCUT2D eigenvalue weighted by molar-refractivity contribution is -0.122. The molecule has 0 spiro atoms. The molecule has 0 aliphatic rings. The Kier molecular flexibility index (Phi) is 6.80. The van der Waals surface area contributed by atoms with E-state index >= 15 is 0 Å². The predicted molar refractivity (Wildman–Crippen MR) is 123 cm³/mol. The molecule has 2 heterocycles. The van der Waals surface area contributed by atoms with Crippen LogP contribution in [0.3, 0.4) is 0 Å². The Morgan fingerprint density at radius 2 is 1.64 bits per heavy atom. The lowest BCUT2D eigenvalue weighted by atomic mass is 10.0. The molecule has 2 aromatic carbocycles. The van der Waals surface area contributed by atoms with Crippen molar-refractivity contribution in [2.75, 3.05) is 4.90 Å². The molecule has 0 unspecified atom stereocenters. The Labute approximate surface area is 190 Å². The fourth-order valence-electron chi connectivity index (χ4n) is 3.46.